The number of anilines is 2. The fourth-order valence-electron chi connectivity index (χ4n) is 2.52. The molecule has 26 heavy (non-hydrogen) atoms. The van der Waals surface area contributed by atoms with Crippen molar-refractivity contribution in [3.63, 3.8) is 0 Å². The summed E-state index contributed by atoms with van der Waals surface area (Å²) in [6, 6.07) is 20.7. The van der Waals surface area contributed by atoms with Crippen LogP contribution in [0.15, 0.2) is 66.7 Å². The normalized spacial score (nSPS) is 10.2. The van der Waals surface area contributed by atoms with Gasteiger partial charge in [0.2, 0.25) is 0 Å². The lowest BCUT2D eigenvalue weighted by Gasteiger charge is -2.16. The van der Waals surface area contributed by atoms with Crippen molar-refractivity contribution in [2.75, 3.05) is 19.5 Å². The van der Waals surface area contributed by atoms with Crippen LogP contribution < -0.4 is 10.1 Å². The Labute approximate surface area is 152 Å². The molecule has 1 heterocycles. The molecule has 2 aromatic carbocycles. The Morgan fingerprint density at radius 3 is 2.42 bits per heavy atom. The number of carbonyl (C=O) groups excluding carboxylic acids is 1. The van der Waals surface area contributed by atoms with E-state index in [9.17, 15) is 4.79 Å². The number of amides is 1. The summed E-state index contributed by atoms with van der Waals surface area (Å²) < 4.78 is 5.30. The molecular formula is C20H20N4O2. The van der Waals surface area contributed by atoms with Crippen LogP contribution in [0.2, 0.25) is 0 Å². The van der Waals surface area contributed by atoms with Crippen LogP contribution in [0.5, 0.6) is 5.75 Å². The molecule has 0 aliphatic carbocycles. The molecule has 3 rings (SSSR count). The first kappa shape index (κ1) is 17.4. The van der Waals surface area contributed by atoms with Crippen molar-refractivity contribution in [3.8, 4) is 5.75 Å². The Hall–Kier alpha value is -3.41. The minimum atomic E-state index is -0.176. The summed E-state index contributed by atoms with van der Waals surface area (Å²) in [5, 5.41) is 11.3. The molecule has 132 valence electrons. The lowest BCUT2D eigenvalue weighted by molar-refractivity contribution is 0.0778. The lowest BCUT2D eigenvalue weighted by Crippen LogP contribution is -2.27. The zero-order valence-electron chi connectivity index (χ0n) is 14.7. The second-order valence-corrected chi connectivity index (χ2v) is 5.78. The third-order valence-corrected chi connectivity index (χ3v) is 3.86. The van der Waals surface area contributed by atoms with Crippen LogP contribution in [0.3, 0.4) is 0 Å². The van der Waals surface area contributed by atoms with Gasteiger partial charge < -0.3 is 15.0 Å². The van der Waals surface area contributed by atoms with Gasteiger partial charge in [-0.3, -0.25) is 4.79 Å². The van der Waals surface area contributed by atoms with E-state index in [1.807, 2.05) is 54.6 Å². The van der Waals surface area contributed by atoms with Crippen LogP contribution in [-0.4, -0.2) is 35.2 Å². The van der Waals surface area contributed by atoms with Crippen LogP contribution in [-0.2, 0) is 6.54 Å². The molecule has 0 aliphatic rings. The predicted molar refractivity (Wildman–Crippen MR) is 101 cm³/mol. The van der Waals surface area contributed by atoms with Crippen molar-refractivity contribution in [3.05, 3.63) is 78.0 Å². The van der Waals surface area contributed by atoms with E-state index in [-0.39, 0.29) is 5.91 Å². The van der Waals surface area contributed by atoms with E-state index in [4.69, 9.17) is 4.74 Å². The first-order valence-electron chi connectivity index (χ1n) is 8.20. The quantitative estimate of drug-likeness (QED) is 0.738. The number of hydrogen-bond acceptors (Lipinski definition) is 5. The summed E-state index contributed by atoms with van der Waals surface area (Å²) >= 11 is 0. The van der Waals surface area contributed by atoms with Crippen LogP contribution in [0, 0.1) is 0 Å². The fourth-order valence-corrected chi connectivity index (χ4v) is 2.52. The third kappa shape index (κ3) is 4.16. The average molecular weight is 348 g/mol. The van der Waals surface area contributed by atoms with Gasteiger partial charge in [-0.25, -0.2) is 0 Å². The number of ether oxygens (including phenoxy) is 1. The van der Waals surface area contributed by atoms with E-state index in [0.717, 1.165) is 11.3 Å². The van der Waals surface area contributed by atoms with Crippen molar-refractivity contribution in [2.24, 2.45) is 0 Å². The van der Waals surface area contributed by atoms with Crippen molar-refractivity contribution in [1.29, 1.82) is 0 Å². The predicted octanol–water partition coefficient (Wildman–Crippen LogP) is 3.50. The fraction of sp³-hybridized carbons (Fsp3) is 0.150. The molecule has 6 nitrogen and oxygen atoms in total. The van der Waals surface area contributed by atoms with E-state index in [2.05, 4.69) is 15.5 Å². The van der Waals surface area contributed by atoms with Crippen LogP contribution in [0.25, 0.3) is 0 Å². The topological polar surface area (TPSA) is 67.3 Å². The Bertz CT molecular complexity index is 866. The molecule has 1 amide bonds. The maximum absolute atomic E-state index is 12.5. The van der Waals surface area contributed by atoms with Gasteiger partial charge in [-0.05, 0) is 29.8 Å². The van der Waals surface area contributed by atoms with Gasteiger partial charge in [0.1, 0.15) is 5.75 Å². The maximum atomic E-state index is 12.5. The minimum absolute atomic E-state index is 0.176. The molecule has 0 atom stereocenters. The summed E-state index contributed by atoms with van der Waals surface area (Å²) in [6.07, 6.45) is 0. The Kier molecular flexibility index (Phi) is 5.43. The summed E-state index contributed by atoms with van der Waals surface area (Å²) in [5.41, 5.74) is 2.14. The van der Waals surface area contributed by atoms with Gasteiger partial charge in [-0.1, -0.05) is 42.5 Å². The smallest absolute Gasteiger partial charge is 0.274 e. The summed E-state index contributed by atoms with van der Waals surface area (Å²) in [6.45, 7) is 0.516. The molecule has 3 aromatic rings. The number of aromatic nitrogens is 2. The highest BCUT2D eigenvalue weighted by atomic mass is 16.5. The summed E-state index contributed by atoms with van der Waals surface area (Å²) in [7, 11) is 3.36. The van der Waals surface area contributed by atoms with E-state index in [0.29, 0.717) is 23.8 Å². The Morgan fingerprint density at radius 1 is 1.00 bits per heavy atom. The molecule has 0 radical (unpaired) electrons. The first-order valence-corrected chi connectivity index (χ1v) is 8.20. The molecule has 0 unspecified atom stereocenters. The Morgan fingerprint density at radius 2 is 1.73 bits per heavy atom. The number of nitrogens with one attached hydrogen (secondary N) is 1. The van der Waals surface area contributed by atoms with Crippen LogP contribution >= 0.6 is 0 Å². The number of nitrogens with zero attached hydrogens (tertiary/aromatic N) is 3. The molecule has 1 aromatic heterocycles. The zero-order valence-corrected chi connectivity index (χ0v) is 14.7. The molecule has 0 aliphatic heterocycles. The second-order valence-electron chi connectivity index (χ2n) is 5.78. The highest BCUT2D eigenvalue weighted by Crippen LogP contribution is 2.25. The van der Waals surface area contributed by atoms with Gasteiger partial charge in [-0.2, -0.15) is 0 Å². The third-order valence-electron chi connectivity index (χ3n) is 3.86. The van der Waals surface area contributed by atoms with E-state index < -0.39 is 0 Å². The van der Waals surface area contributed by atoms with Crippen molar-refractivity contribution < 1.29 is 9.53 Å². The van der Waals surface area contributed by atoms with E-state index >= 15 is 0 Å². The molecule has 0 saturated heterocycles. The summed E-state index contributed by atoms with van der Waals surface area (Å²) in [5.74, 6) is 1.07. The molecule has 0 bridgehead atoms. The minimum Gasteiger partial charge on any atom is -0.495 e. The molecular weight excluding hydrogens is 328 g/mol. The SMILES string of the molecule is COc1ccccc1Nc1ccc(C(=O)N(C)Cc2ccccc2)nn1. The number of rotatable bonds is 6. The molecule has 0 spiro atoms. The summed E-state index contributed by atoms with van der Waals surface area (Å²) in [4.78, 5) is 14.1. The van der Waals surface area contributed by atoms with Gasteiger partial charge in [0.15, 0.2) is 11.5 Å². The van der Waals surface area contributed by atoms with Crippen molar-refractivity contribution in [1.82, 2.24) is 15.1 Å². The van der Waals surface area contributed by atoms with Gasteiger partial charge in [0, 0.05) is 13.6 Å². The average Bonchev–Trinajstić information content (AvgIpc) is 2.69. The van der Waals surface area contributed by atoms with Gasteiger partial charge in [0.25, 0.3) is 5.91 Å². The van der Waals surface area contributed by atoms with Gasteiger partial charge in [0.05, 0.1) is 12.8 Å². The standard InChI is InChI=1S/C20H20N4O2/c1-24(14-15-8-4-3-5-9-15)20(25)17-12-13-19(23-22-17)21-16-10-6-7-11-18(16)26-2/h3-13H,14H2,1-2H3,(H,21,23). The van der Waals surface area contributed by atoms with Gasteiger partial charge >= 0.3 is 0 Å². The highest BCUT2D eigenvalue weighted by molar-refractivity contribution is 5.92. The molecule has 0 fully saturated rings. The zero-order chi connectivity index (χ0) is 18.4. The molecule has 6 heteroatoms. The first-order chi connectivity index (χ1) is 12.7. The van der Waals surface area contributed by atoms with Crippen LogP contribution in [0.4, 0.5) is 11.5 Å². The van der Waals surface area contributed by atoms with E-state index in [1.165, 1.54) is 0 Å². The largest absolute Gasteiger partial charge is 0.495 e. The lowest BCUT2D eigenvalue weighted by atomic mass is 10.2. The number of benzene rings is 2. The number of methoxy groups -OCH3 is 1. The van der Waals surface area contributed by atoms with Crippen molar-refractivity contribution in [2.45, 2.75) is 6.54 Å². The monoisotopic (exact) mass is 348 g/mol. The second kappa shape index (κ2) is 8.11. The highest BCUT2D eigenvalue weighted by Gasteiger charge is 2.14. The molecule has 1 N–H and O–H groups in total. The van der Waals surface area contributed by atoms with Crippen molar-refractivity contribution >= 4 is 17.4 Å². The van der Waals surface area contributed by atoms with Crippen LogP contribution in [0.1, 0.15) is 16.1 Å². The van der Waals surface area contributed by atoms with Gasteiger partial charge in [-0.15, -0.1) is 10.2 Å². The van der Waals surface area contributed by atoms with E-state index in [1.54, 1.807) is 31.2 Å². The Balaban J connectivity index is 1.68. The maximum Gasteiger partial charge on any atom is 0.274 e. The number of para-hydroxylation sites is 2. The molecule has 0 saturated carbocycles. The number of carbonyl (C=O) groups is 1. The number of hydrogen-bond donors (Lipinski definition) is 1.